The van der Waals surface area contributed by atoms with E-state index in [1.165, 1.54) is 0 Å². The van der Waals surface area contributed by atoms with Gasteiger partial charge in [-0.1, -0.05) is 6.92 Å². The van der Waals surface area contributed by atoms with E-state index >= 15 is 0 Å². The molecule has 2 amide bonds. The SMILES string of the molecule is CC1CC(=O)N(C=N)C1=O. The summed E-state index contributed by atoms with van der Waals surface area (Å²) in [4.78, 5) is 22.5. The highest BCUT2D eigenvalue weighted by Crippen LogP contribution is 2.16. The number of nitrogens with one attached hydrogen (secondary N) is 1. The summed E-state index contributed by atoms with van der Waals surface area (Å²) in [5, 5.41) is 6.71. The highest BCUT2D eigenvalue weighted by Gasteiger charge is 2.34. The summed E-state index contributed by atoms with van der Waals surface area (Å²) in [5.74, 6) is -0.776. The van der Waals surface area contributed by atoms with Crippen molar-refractivity contribution in [3.05, 3.63) is 0 Å². The molecule has 1 atom stereocenters. The zero-order valence-electron chi connectivity index (χ0n) is 5.63. The van der Waals surface area contributed by atoms with Gasteiger partial charge in [0.25, 0.3) is 0 Å². The van der Waals surface area contributed by atoms with Gasteiger partial charge in [-0.3, -0.25) is 15.0 Å². The van der Waals surface area contributed by atoms with E-state index in [1.807, 2.05) is 0 Å². The molecule has 0 aromatic rings. The van der Waals surface area contributed by atoms with Gasteiger partial charge in [0.1, 0.15) is 0 Å². The summed E-state index contributed by atoms with van der Waals surface area (Å²) in [6.45, 7) is 1.68. The van der Waals surface area contributed by atoms with E-state index in [0.717, 1.165) is 11.2 Å². The molecule has 4 heteroatoms. The number of likely N-dealkylation sites (tertiary alicyclic amines) is 1. The first-order valence-electron chi connectivity index (χ1n) is 3.03. The van der Waals surface area contributed by atoms with Crippen molar-refractivity contribution in [3.63, 3.8) is 0 Å². The second-order valence-electron chi connectivity index (χ2n) is 2.34. The molecule has 1 heterocycles. The first-order valence-corrected chi connectivity index (χ1v) is 3.03. The van der Waals surface area contributed by atoms with E-state index in [9.17, 15) is 9.59 Å². The fourth-order valence-electron chi connectivity index (χ4n) is 0.944. The molecule has 0 spiro atoms. The number of hydrogen-bond donors (Lipinski definition) is 1. The van der Waals surface area contributed by atoms with Crippen LogP contribution in [0.5, 0.6) is 0 Å². The normalized spacial score (nSPS) is 25.7. The van der Waals surface area contributed by atoms with Gasteiger partial charge in [-0.2, -0.15) is 0 Å². The molecule has 0 aliphatic carbocycles. The van der Waals surface area contributed by atoms with Crippen molar-refractivity contribution < 1.29 is 9.59 Å². The number of amides is 2. The summed E-state index contributed by atoms with van der Waals surface area (Å²) in [5.41, 5.74) is 0. The largest absolute Gasteiger partial charge is 0.291 e. The van der Waals surface area contributed by atoms with Crippen LogP contribution in [0, 0.1) is 11.3 Å². The third-order valence-electron chi connectivity index (χ3n) is 1.54. The average molecular weight is 140 g/mol. The minimum atomic E-state index is -0.271. The lowest BCUT2D eigenvalue weighted by atomic mass is 10.1. The van der Waals surface area contributed by atoms with E-state index < -0.39 is 0 Å². The lowest BCUT2D eigenvalue weighted by Gasteiger charge is -2.03. The van der Waals surface area contributed by atoms with Crippen molar-refractivity contribution in [2.75, 3.05) is 0 Å². The molecule has 1 fully saturated rings. The Morgan fingerprint density at radius 1 is 1.70 bits per heavy atom. The number of carbonyl (C=O) groups excluding carboxylic acids is 2. The number of rotatable bonds is 1. The van der Waals surface area contributed by atoms with Crippen LogP contribution in [0.15, 0.2) is 0 Å². The van der Waals surface area contributed by atoms with Gasteiger partial charge in [-0.15, -0.1) is 0 Å². The molecule has 1 aliphatic heterocycles. The van der Waals surface area contributed by atoms with Gasteiger partial charge >= 0.3 is 0 Å². The molecule has 1 rings (SSSR count). The van der Waals surface area contributed by atoms with Gasteiger partial charge in [0.2, 0.25) is 11.8 Å². The van der Waals surface area contributed by atoms with Crippen LogP contribution in [-0.2, 0) is 9.59 Å². The average Bonchev–Trinajstić information content (AvgIpc) is 2.09. The molecule has 4 nitrogen and oxygen atoms in total. The lowest BCUT2D eigenvalue weighted by molar-refractivity contribution is -0.134. The number of imide groups is 1. The van der Waals surface area contributed by atoms with Gasteiger partial charge in [0.05, 0.1) is 6.34 Å². The summed E-state index contributed by atoms with van der Waals surface area (Å²) >= 11 is 0. The molecule has 10 heavy (non-hydrogen) atoms. The van der Waals surface area contributed by atoms with Crippen molar-refractivity contribution in [2.45, 2.75) is 13.3 Å². The third kappa shape index (κ3) is 0.814. The van der Waals surface area contributed by atoms with Crippen LogP contribution in [-0.4, -0.2) is 23.1 Å². The van der Waals surface area contributed by atoms with E-state index in [0.29, 0.717) is 0 Å². The molecule has 0 bridgehead atoms. The van der Waals surface area contributed by atoms with Crippen LogP contribution in [0.3, 0.4) is 0 Å². The quantitative estimate of drug-likeness (QED) is 0.316. The maximum atomic E-state index is 10.9. The lowest BCUT2D eigenvalue weighted by Crippen LogP contribution is -2.28. The topological polar surface area (TPSA) is 61.2 Å². The van der Waals surface area contributed by atoms with Crippen molar-refractivity contribution >= 4 is 18.2 Å². The van der Waals surface area contributed by atoms with Gasteiger partial charge in [0, 0.05) is 12.3 Å². The molecule has 1 unspecified atom stereocenters. The first kappa shape index (κ1) is 6.92. The molecule has 1 saturated heterocycles. The Balaban J connectivity index is 2.83. The van der Waals surface area contributed by atoms with Crippen molar-refractivity contribution in [1.82, 2.24) is 4.90 Å². The molecular weight excluding hydrogens is 132 g/mol. The second kappa shape index (κ2) is 2.21. The minimum absolute atomic E-state index is 0.242. The van der Waals surface area contributed by atoms with Crippen molar-refractivity contribution in [1.29, 1.82) is 5.41 Å². The number of hydrogen-bond acceptors (Lipinski definition) is 3. The Bertz CT molecular complexity index is 200. The van der Waals surface area contributed by atoms with E-state index in [1.54, 1.807) is 6.92 Å². The van der Waals surface area contributed by atoms with Crippen LogP contribution in [0.1, 0.15) is 13.3 Å². The van der Waals surface area contributed by atoms with Crippen molar-refractivity contribution in [2.24, 2.45) is 5.92 Å². The Morgan fingerprint density at radius 2 is 2.30 bits per heavy atom. The van der Waals surface area contributed by atoms with Crippen LogP contribution in [0.25, 0.3) is 0 Å². The fourth-order valence-corrected chi connectivity index (χ4v) is 0.944. The first-order chi connectivity index (χ1) is 4.66. The molecule has 1 N–H and O–H groups in total. The van der Waals surface area contributed by atoms with Gasteiger partial charge in [-0.25, -0.2) is 4.90 Å². The summed E-state index contributed by atoms with van der Waals surface area (Å²) in [7, 11) is 0. The maximum absolute atomic E-state index is 10.9. The smallest absolute Gasteiger partial charge is 0.237 e. The third-order valence-corrected chi connectivity index (χ3v) is 1.54. The van der Waals surface area contributed by atoms with E-state index in [2.05, 4.69) is 0 Å². The summed E-state index contributed by atoms with van der Waals surface area (Å²) in [6.07, 6.45) is 1.02. The van der Waals surface area contributed by atoms with E-state index in [-0.39, 0.29) is 24.2 Å². The van der Waals surface area contributed by atoms with Gasteiger partial charge in [0.15, 0.2) is 0 Å². The predicted molar refractivity (Wildman–Crippen MR) is 34.4 cm³/mol. The molecule has 0 aromatic heterocycles. The Morgan fingerprint density at radius 3 is 2.50 bits per heavy atom. The zero-order valence-corrected chi connectivity index (χ0v) is 5.63. The molecule has 54 valence electrons. The molecular formula is C6H8N2O2. The minimum Gasteiger partial charge on any atom is -0.291 e. The number of carbonyl (C=O) groups is 2. The zero-order chi connectivity index (χ0) is 7.72. The van der Waals surface area contributed by atoms with Gasteiger partial charge < -0.3 is 0 Å². The molecule has 0 aromatic carbocycles. The Hall–Kier alpha value is -1.19. The highest BCUT2D eigenvalue weighted by atomic mass is 16.2. The van der Waals surface area contributed by atoms with Crippen LogP contribution >= 0.6 is 0 Å². The summed E-state index contributed by atoms with van der Waals surface area (Å²) in [6, 6.07) is 0. The summed E-state index contributed by atoms with van der Waals surface area (Å²) < 4.78 is 0. The predicted octanol–water partition coefficient (Wildman–Crippen LogP) is -0.0115. The monoisotopic (exact) mass is 140 g/mol. The maximum Gasteiger partial charge on any atom is 0.237 e. The van der Waals surface area contributed by atoms with E-state index in [4.69, 9.17) is 5.41 Å². The van der Waals surface area contributed by atoms with Crippen LogP contribution in [0.2, 0.25) is 0 Å². The van der Waals surface area contributed by atoms with Crippen LogP contribution < -0.4 is 0 Å². The fraction of sp³-hybridized carbons (Fsp3) is 0.500. The Kier molecular flexibility index (Phi) is 1.53. The molecule has 1 aliphatic rings. The molecule has 0 saturated carbocycles. The number of nitrogens with zero attached hydrogens (tertiary/aromatic N) is 1. The standard InChI is InChI=1S/C6H8N2O2/c1-4-2-5(9)8(3-7)6(4)10/h3-4,7H,2H2,1H3. The highest BCUT2D eigenvalue weighted by molar-refractivity contribution is 6.11. The Labute approximate surface area is 58.3 Å². The van der Waals surface area contributed by atoms with Gasteiger partial charge in [-0.05, 0) is 0 Å². The molecule has 0 radical (unpaired) electrons. The second-order valence-corrected chi connectivity index (χ2v) is 2.34. The van der Waals surface area contributed by atoms with Crippen molar-refractivity contribution in [3.8, 4) is 0 Å². The van der Waals surface area contributed by atoms with Crippen LogP contribution in [0.4, 0.5) is 0 Å².